The molecule has 0 unspecified atom stereocenters. The zero-order valence-corrected chi connectivity index (χ0v) is 14.4. The molecule has 1 N–H and O–H groups in total. The van der Waals surface area contributed by atoms with Gasteiger partial charge in [-0.05, 0) is 24.3 Å². The van der Waals surface area contributed by atoms with E-state index >= 15 is 0 Å². The standard InChI is InChI=1S/C19H18FN3OS/c20-16-7-4-8-17-18(16)15(19(24)21-17)13-23(14-5-2-1-3-6-14)22-9-11-25-12-10-22/h1-8,13H,9-12H2,(H,21,24). The molecule has 2 heterocycles. The predicted octanol–water partition coefficient (Wildman–Crippen LogP) is 3.59. The van der Waals surface area contributed by atoms with Gasteiger partial charge in [-0.3, -0.25) is 9.80 Å². The maximum absolute atomic E-state index is 14.3. The van der Waals surface area contributed by atoms with Crippen LogP contribution in [-0.2, 0) is 4.79 Å². The molecule has 1 saturated heterocycles. The lowest BCUT2D eigenvalue weighted by molar-refractivity contribution is -0.110. The Bertz CT molecular complexity index is 819. The summed E-state index contributed by atoms with van der Waals surface area (Å²) < 4.78 is 14.3. The highest BCUT2D eigenvalue weighted by atomic mass is 32.2. The van der Waals surface area contributed by atoms with Crippen molar-refractivity contribution in [3.8, 4) is 0 Å². The number of carbonyl (C=O) groups is 1. The summed E-state index contributed by atoms with van der Waals surface area (Å²) in [4.78, 5) is 12.4. The van der Waals surface area contributed by atoms with Crippen molar-refractivity contribution in [1.29, 1.82) is 0 Å². The van der Waals surface area contributed by atoms with E-state index in [0.29, 0.717) is 16.8 Å². The van der Waals surface area contributed by atoms with E-state index in [0.717, 1.165) is 30.3 Å². The van der Waals surface area contributed by atoms with Crippen molar-refractivity contribution < 1.29 is 9.18 Å². The SMILES string of the molecule is O=C1Nc2cccc(F)c2C1=CN(c1ccccc1)N1CCSCC1. The van der Waals surface area contributed by atoms with Crippen LogP contribution in [0.3, 0.4) is 0 Å². The third-order valence-electron chi connectivity index (χ3n) is 4.34. The Morgan fingerprint density at radius 3 is 2.60 bits per heavy atom. The Kier molecular flexibility index (Phi) is 4.46. The number of anilines is 2. The van der Waals surface area contributed by atoms with Crippen molar-refractivity contribution in [2.45, 2.75) is 0 Å². The van der Waals surface area contributed by atoms with Crippen LogP contribution in [0.15, 0.2) is 54.7 Å². The van der Waals surface area contributed by atoms with Crippen LogP contribution in [0.4, 0.5) is 15.8 Å². The van der Waals surface area contributed by atoms with Gasteiger partial charge in [-0.2, -0.15) is 11.8 Å². The summed E-state index contributed by atoms with van der Waals surface area (Å²) in [6.45, 7) is 1.77. The van der Waals surface area contributed by atoms with Crippen molar-refractivity contribution in [3.63, 3.8) is 0 Å². The molecule has 1 fully saturated rings. The van der Waals surface area contributed by atoms with E-state index in [1.54, 1.807) is 18.3 Å². The summed E-state index contributed by atoms with van der Waals surface area (Å²) in [6, 6.07) is 14.6. The zero-order chi connectivity index (χ0) is 17.2. The number of nitrogens with one attached hydrogen (secondary N) is 1. The molecule has 2 aromatic carbocycles. The monoisotopic (exact) mass is 355 g/mol. The molecule has 4 nitrogen and oxygen atoms in total. The Labute approximate surface area is 150 Å². The number of halogens is 1. The third kappa shape index (κ3) is 3.15. The molecule has 128 valence electrons. The van der Waals surface area contributed by atoms with Crippen LogP contribution in [0.2, 0.25) is 0 Å². The highest BCUT2D eigenvalue weighted by Gasteiger charge is 2.29. The zero-order valence-electron chi connectivity index (χ0n) is 13.6. The van der Waals surface area contributed by atoms with E-state index in [9.17, 15) is 9.18 Å². The lowest BCUT2D eigenvalue weighted by Gasteiger charge is -2.36. The van der Waals surface area contributed by atoms with Gasteiger partial charge in [0.05, 0.1) is 16.9 Å². The fraction of sp³-hybridized carbons (Fsp3) is 0.211. The molecule has 25 heavy (non-hydrogen) atoms. The molecular weight excluding hydrogens is 337 g/mol. The smallest absolute Gasteiger partial charge is 0.258 e. The second-order valence-electron chi connectivity index (χ2n) is 5.91. The summed E-state index contributed by atoms with van der Waals surface area (Å²) in [5.74, 6) is 1.41. The van der Waals surface area contributed by atoms with E-state index in [4.69, 9.17) is 0 Å². The first-order valence-corrected chi connectivity index (χ1v) is 9.38. The lowest BCUT2D eigenvalue weighted by Crippen LogP contribution is -2.44. The molecule has 0 atom stereocenters. The maximum atomic E-state index is 14.3. The largest absolute Gasteiger partial charge is 0.321 e. The van der Waals surface area contributed by atoms with Crippen molar-refractivity contribution in [2.24, 2.45) is 0 Å². The minimum atomic E-state index is -0.385. The van der Waals surface area contributed by atoms with Gasteiger partial charge in [0.2, 0.25) is 0 Å². The van der Waals surface area contributed by atoms with Gasteiger partial charge in [-0.25, -0.2) is 9.40 Å². The van der Waals surface area contributed by atoms with Gasteiger partial charge in [0.1, 0.15) is 5.82 Å². The number of para-hydroxylation sites is 1. The number of hydrogen-bond acceptors (Lipinski definition) is 4. The highest BCUT2D eigenvalue weighted by molar-refractivity contribution is 7.99. The summed E-state index contributed by atoms with van der Waals surface area (Å²) in [5, 5.41) is 6.93. The lowest BCUT2D eigenvalue weighted by atomic mass is 10.1. The van der Waals surface area contributed by atoms with E-state index in [-0.39, 0.29) is 11.7 Å². The van der Waals surface area contributed by atoms with E-state index in [1.807, 2.05) is 47.1 Å². The van der Waals surface area contributed by atoms with Gasteiger partial charge in [-0.1, -0.05) is 24.3 Å². The molecule has 4 rings (SSSR count). The molecule has 0 radical (unpaired) electrons. The summed E-state index contributed by atoms with van der Waals surface area (Å²) in [6.07, 6.45) is 1.76. The molecule has 2 aromatic rings. The number of amides is 1. The summed E-state index contributed by atoms with van der Waals surface area (Å²) in [7, 11) is 0. The minimum absolute atomic E-state index is 0.271. The molecule has 6 heteroatoms. The molecule has 0 bridgehead atoms. The first-order valence-electron chi connectivity index (χ1n) is 8.23. The molecule has 0 aromatic heterocycles. The highest BCUT2D eigenvalue weighted by Crippen LogP contribution is 2.35. The number of fused-ring (bicyclic) bond motifs is 1. The average molecular weight is 355 g/mol. The molecule has 2 aliphatic rings. The fourth-order valence-electron chi connectivity index (χ4n) is 3.12. The Hall–Kier alpha value is -2.31. The van der Waals surface area contributed by atoms with Gasteiger partial charge >= 0.3 is 0 Å². The fourth-order valence-corrected chi connectivity index (χ4v) is 4.00. The number of carbonyl (C=O) groups excluding carboxylic acids is 1. The first kappa shape index (κ1) is 16.2. The molecule has 0 aliphatic carbocycles. The molecule has 1 amide bonds. The van der Waals surface area contributed by atoms with E-state index in [2.05, 4.69) is 10.3 Å². The van der Waals surface area contributed by atoms with Gasteiger partial charge in [-0.15, -0.1) is 0 Å². The third-order valence-corrected chi connectivity index (χ3v) is 5.28. The van der Waals surface area contributed by atoms with Gasteiger partial charge in [0, 0.05) is 36.4 Å². The first-order chi connectivity index (χ1) is 12.2. The second-order valence-corrected chi connectivity index (χ2v) is 7.13. The predicted molar refractivity (Wildman–Crippen MR) is 101 cm³/mol. The quantitative estimate of drug-likeness (QED) is 0.854. The van der Waals surface area contributed by atoms with Crippen molar-refractivity contribution >= 4 is 34.6 Å². The van der Waals surface area contributed by atoms with Crippen LogP contribution in [0.1, 0.15) is 5.56 Å². The topological polar surface area (TPSA) is 35.6 Å². The van der Waals surface area contributed by atoms with Gasteiger partial charge in [0.25, 0.3) is 5.91 Å². The van der Waals surface area contributed by atoms with Gasteiger partial charge < -0.3 is 5.32 Å². The molecule has 0 saturated carbocycles. The Morgan fingerprint density at radius 2 is 1.84 bits per heavy atom. The van der Waals surface area contributed by atoms with Crippen molar-refractivity contribution in [1.82, 2.24) is 5.01 Å². The number of hydrogen-bond donors (Lipinski definition) is 1. The van der Waals surface area contributed by atoms with Crippen LogP contribution in [0, 0.1) is 5.82 Å². The van der Waals surface area contributed by atoms with Crippen LogP contribution >= 0.6 is 11.8 Å². The van der Waals surface area contributed by atoms with E-state index in [1.165, 1.54) is 6.07 Å². The second kappa shape index (κ2) is 6.90. The number of hydrazine groups is 1. The minimum Gasteiger partial charge on any atom is -0.321 e. The van der Waals surface area contributed by atoms with Gasteiger partial charge in [0.15, 0.2) is 0 Å². The van der Waals surface area contributed by atoms with E-state index < -0.39 is 0 Å². The molecule has 0 spiro atoms. The summed E-state index contributed by atoms with van der Waals surface area (Å²) in [5.41, 5.74) is 2.19. The number of benzene rings is 2. The van der Waals surface area contributed by atoms with Crippen LogP contribution < -0.4 is 10.3 Å². The normalized spacial score (nSPS) is 18.9. The Morgan fingerprint density at radius 1 is 1.08 bits per heavy atom. The Balaban J connectivity index is 1.78. The molecule has 2 aliphatic heterocycles. The number of nitrogens with zero attached hydrogens (tertiary/aromatic N) is 2. The number of thioether (sulfide) groups is 1. The van der Waals surface area contributed by atoms with Crippen LogP contribution in [0.5, 0.6) is 0 Å². The van der Waals surface area contributed by atoms with Crippen molar-refractivity contribution in [3.05, 3.63) is 66.1 Å². The maximum Gasteiger partial charge on any atom is 0.258 e. The molecular formula is C19H18FN3OS. The van der Waals surface area contributed by atoms with Crippen molar-refractivity contribution in [2.75, 3.05) is 34.9 Å². The average Bonchev–Trinajstić information content (AvgIpc) is 2.97. The number of rotatable bonds is 3. The van der Waals surface area contributed by atoms with Crippen LogP contribution in [0.25, 0.3) is 5.57 Å². The summed E-state index contributed by atoms with van der Waals surface area (Å²) >= 11 is 1.92. The van der Waals surface area contributed by atoms with Crippen LogP contribution in [-0.4, -0.2) is 35.5 Å².